The summed E-state index contributed by atoms with van der Waals surface area (Å²) in [6.45, 7) is 0. The van der Waals surface area contributed by atoms with Gasteiger partial charge in [0.1, 0.15) is 11.1 Å². The van der Waals surface area contributed by atoms with Crippen LogP contribution in [0.4, 0.5) is 11.4 Å². The van der Waals surface area contributed by atoms with Gasteiger partial charge in [-0.15, -0.1) is 23.1 Å². The molecule has 0 aliphatic carbocycles. The van der Waals surface area contributed by atoms with Crippen molar-refractivity contribution in [2.45, 2.75) is 11.8 Å². The molecule has 2 amide bonds. The van der Waals surface area contributed by atoms with Crippen LogP contribution < -0.4 is 15.0 Å². The molecule has 1 fully saturated rings. The molecule has 4 rings (SSSR count). The second kappa shape index (κ2) is 8.71. The zero-order valence-electron chi connectivity index (χ0n) is 15.8. The van der Waals surface area contributed by atoms with Crippen molar-refractivity contribution in [3.05, 3.63) is 76.5 Å². The van der Waals surface area contributed by atoms with Crippen LogP contribution in [0.15, 0.2) is 66.0 Å². The Morgan fingerprint density at radius 1 is 1.14 bits per heavy atom. The fourth-order valence-corrected chi connectivity index (χ4v) is 5.08. The van der Waals surface area contributed by atoms with Gasteiger partial charge in [-0.2, -0.15) is 0 Å². The van der Waals surface area contributed by atoms with E-state index < -0.39 is 0 Å². The zero-order valence-corrected chi connectivity index (χ0v) is 17.5. The summed E-state index contributed by atoms with van der Waals surface area (Å²) in [7, 11) is 1.62. The van der Waals surface area contributed by atoms with Crippen LogP contribution in [0, 0.1) is 0 Å². The van der Waals surface area contributed by atoms with Gasteiger partial charge < -0.3 is 10.1 Å². The van der Waals surface area contributed by atoms with Crippen molar-refractivity contribution in [3.8, 4) is 5.75 Å². The number of methoxy groups -OCH3 is 1. The van der Waals surface area contributed by atoms with Crippen LogP contribution >= 0.6 is 23.1 Å². The van der Waals surface area contributed by atoms with E-state index in [0.29, 0.717) is 12.2 Å². The van der Waals surface area contributed by atoms with Gasteiger partial charge >= 0.3 is 0 Å². The minimum absolute atomic E-state index is 0.0366. The normalized spacial score (nSPS) is 16.1. The molecule has 0 saturated carbocycles. The molecular weight excluding hydrogens is 404 g/mol. The molecule has 2 heterocycles. The van der Waals surface area contributed by atoms with Gasteiger partial charge in [-0.25, -0.2) is 0 Å². The number of thioether (sulfide) groups is 1. The Balaban J connectivity index is 1.46. The van der Waals surface area contributed by atoms with Crippen molar-refractivity contribution < 1.29 is 14.3 Å². The van der Waals surface area contributed by atoms with Crippen LogP contribution in [0.1, 0.15) is 15.8 Å². The molecule has 0 spiro atoms. The van der Waals surface area contributed by atoms with Crippen LogP contribution in [-0.4, -0.2) is 24.7 Å². The standard InChI is InChI=1S/C22H20N2O3S2/c1-27-18-10-8-17(9-11-18)24-21(26)14-29-22(24)15-4-6-16(7-5-15)23-20(25)13-19-3-2-12-28-19/h2-12,22H,13-14H2,1H3,(H,23,25)/t22-/m1/s1. The molecule has 1 aromatic heterocycles. The van der Waals surface area contributed by atoms with Gasteiger partial charge in [-0.1, -0.05) is 18.2 Å². The highest BCUT2D eigenvalue weighted by Gasteiger charge is 2.34. The van der Waals surface area contributed by atoms with E-state index in [1.165, 1.54) is 0 Å². The van der Waals surface area contributed by atoms with Crippen LogP contribution in [0.5, 0.6) is 5.75 Å². The number of ether oxygens (including phenoxy) is 1. The number of nitrogens with zero attached hydrogens (tertiary/aromatic N) is 1. The Hall–Kier alpha value is -2.77. The molecule has 1 aliphatic heterocycles. The Bertz CT molecular complexity index is 986. The smallest absolute Gasteiger partial charge is 0.238 e. The van der Waals surface area contributed by atoms with E-state index in [1.54, 1.807) is 30.2 Å². The van der Waals surface area contributed by atoms with Gasteiger partial charge in [0.25, 0.3) is 0 Å². The van der Waals surface area contributed by atoms with Crippen molar-refractivity contribution >= 4 is 46.3 Å². The predicted molar refractivity (Wildman–Crippen MR) is 119 cm³/mol. The third-order valence-electron chi connectivity index (χ3n) is 4.61. The largest absolute Gasteiger partial charge is 0.497 e. The molecule has 3 aromatic rings. The van der Waals surface area contributed by atoms with E-state index in [9.17, 15) is 9.59 Å². The summed E-state index contributed by atoms with van der Waals surface area (Å²) in [6.07, 6.45) is 0.373. The molecule has 0 radical (unpaired) electrons. The van der Waals surface area contributed by atoms with Crippen molar-refractivity contribution in [3.63, 3.8) is 0 Å². The number of hydrogen-bond acceptors (Lipinski definition) is 5. The Morgan fingerprint density at radius 3 is 2.55 bits per heavy atom. The summed E-state index contributed by atoms with van der Waals surface area (Å²) in [5, 5.41) is 4.80. The monoisotopic (exact) mass is 424 g/mol. The lowest BCUT2D eigenvalue weighted by atomic mass is 10.1. The maximum Gasteiger partial charge on any atom is 0.238 e. The summed E-state index contributed by atoms with van der Waals surface area (Å²) < 4.78 is 5.21. The molecule has 1 aliphatic rings. The Labute approximate surface area is 177 Å². The van der Waals surface area contributed by atoms with Gasteiger partial charge in [0.2, 0.25) is 11.8 Å². The molecule has 5 nitrogen and oxygen atoms in total. The first-order valence-electron chi connectivity index (χ1n) is 9.14. The number of benzene rings is 2. The van der Waals surface area contributed by atoms with Crippen LogP contribution in [0.25, 0.3) is 0 Å². The Morgan fingerprint density at radius 2 is 1.90 bits per heavy atom. The Kier molecular flexibility index (Phi) is 5.87. The molecule has 0 bridgehead atoms. The highest BCUT2D eigenvalue weighted by atomic mass is 32.2. The number of rotatable bonds is 6. The average molecular weight is 425 g/mol. The lowest BCUT2D eigenvalue weighted by Crippen LogP contribution is -2.27. The molecule has 2 aromatic carbocycles. The van der Waals surface area contributed by atoms with Crippen molar-refractivity contribution in [2.75, 3.05) is 23.1 Å². The van der Waals surface area contributed by atoms with Crippen LogP contribution in [-0.2, 0) is 16.0 Å². The number of amides is 2. The molecule has 148 valence electrons. The highest BCUT2D eigenvalue weighted by Crippen LogP contribution is 2.42. The molecule has 7 heteroatoms. The topological polar surface area (TPSA) is 58.6 Å². The van der Waals surface area contributed by atoms with Gasteiger partial charge in [-0.05, 0) is 53.4 Å². The second-order valence-electron chi connectivity index (χ2n) is 6.55. The lowest BCUT2D eigenvalue weighted by molar-refractivity contribution is -0.116. The first kappa shape index (κ1) is 19.5. The fraction of sp³-hybridized carbons (Fsp3) is 0.182. The number of thiophene rings is 1. The molecule has 29 heavy (non-hydrogen) atoms. The maximum atomic E-state index is 12.5. The van der Waals surface area contributed by atoms with Gasteiger partial charge in [0.15, 0.2) is 0 Å². The van der Waals surface area contributed by atoms with E-state index in [0.717, 1.165) is 27.6 Å². The van der Waals surface area contributed by atoms with Crippen LogP contribution in [0.3, 0.4) is 0 Å². The number of carbonyl (C=O) groups is 2. The lowest BCUT2D eigenvalue weighted by Gasteiger charge is -2.24. The van der Waals surface area contributed by atoms with Gasteiger partial charge in [0.05, 0.1) is 19.3 Å². The van der Waals surface area contributed by atoms with E-state index in [-0.39, 0.29) is 17.2 Å². The summed E-state index contributed by atoms with van der Waals surface area (Å²) in [4.78, 5) is 27.5. The summed E-state index contributed by atoms with van der Waals surface area (Å²) in [6, 6.07) is 19.1. The number of anilines is 2. The van der Waals surface area contributed by atoms with Gasteiger partial charge in [-0.3, -0.25) is 14.5 Å². The van der Waals surface area contributed by atoms with Gasteiger partial charge in [0, 0.05) is 16.3 Å². The first-order valence-corrected chi connectivity index (χ1v) is 11.1. The average Bonchev–Trinajstić information content (AvgIpc) is 3.38. The van der Waals surface area contributed by atoms with Crippen molar-refractivity contribution in [1.29, 1.82) is 0 Å². The number of carbonyl (C=O) groups excluding carboxylic acids is 2. The molecule has 1 saturated heterocycles. The quantitative estimate of drug-likeness (QED) is 0.622. The molecule has 1 atom stereocenters. The van der Waals surface area contributed by atoms with Crippen LogP contribution in [0.2, 0.25) is 0 Å². The SMILES string of the molecule is COc1ccc(N2C(=O)CS[C@@H]2c2ccc(NC(=O)Cc3cccs3)cc2)cc1. The second-order valence-corrected chi connectivity index (χ2v) is 8.65. The predicted octanol–water partition coefficient (Wildman–Crippen LogP) is 4.72. The van der Waals surface area contributed by atoms with Crippen molar-refractivity contribution in [1.82, 2.24) is 0 Å². The third kappa shape index (κ3) is 4.46. The maximum absolute atomic E-state index is 12.5. The first-order chi connectivity index (χ1) is 14.1. The summed E-state index contributed by atoms with van der Waals surface area (Å²) >= 11 is 3.17. The zero-order chi connectivity index (χ0) is 20.2. The fourth-order valence-electron chi connectivity index (χ4n) is 3.20. The van der Waals surface area contributed by atoms with E-state index in [2.05, 4.69) is 5.32 Å². The highest BCUT2D eigenvalue weighted by molar-refractivity contribution is 8.00. The van der Waals surface area contributed by atoms with E-state index in [4.69, 9.17) is 4.74 Å². The van der Waals surface area contributed by atoms with E-state index >= 15 is 0 Å². The summed E-state index contributed by atoms with van der Waals surface area (Å²) in [5.41, 5.74) is 2.62. The number of nitrogens with one attached hydrogen (secondary N) is 1. The minimum atomic E-state index is -0.0910. The third-order valence-corrected chi connectivity index (χ3v) is 6.70. The molecular formula is C22H20N2O3S2. The number of hydrogen-bond donors (Lipinski definition) is 1. The van der Waals surface area contributed by atoms with E-state index in [1.807, 2.05) is 70.9 Å². The molecule has 1 N–H and O–H groups in total. The minimum Gasteiger partial charge on any atom is -0.497 e. The summed E-state index contributed by atoms with van der Waals surface area (Å²) in [5.74, 6) is 1.24. The van der Waals surface area contributed by atoms with Crippen molar-refractivity contribution in [2.24, 2.45) is 0 Å². The molecule has 0 unspecified atom stereocenters.